The number of non-ortho nitro benzene ring substituents is 1. The lowest BCUT2D eigenvalue weighted by Crippen LogP contribution is -2.08. The molecule has 146 valence electrons. The van der Waals surface area contributed by atoms with Crippen LogP contribution in [0.3, 0.4) is 0 Å². The van der Waals surface area contributed by atoms with Gasteiger partial charge in [-0.1, -0.05) is 0 Å². The smallest absolute Gasteiger partial charge is 0.271 e. The Hall–Kier alpha value is -4.21. The minimum atomic E-state index is -0.777. The standard InChI is InChI=1S/C19H12F2N4O4/c20-14-5-1-12(2-6-14)19(13-3-7-15(21)8-4-13)23-22-17-10-9-16(24(26)27)11-18(17)25(28)29/h1-11,22H. The lowest BCUT2D eigenvalue weighted by molar-refractivity contribution is -0.393. The summed E-state index contributed by atoms with van der Waals surface area (Å²) in [5.41, 5.74) is 2.66. The first kappa shape index (κ1) is 19.5. The van der Waals surface area contributed by atoms with Gasteiger partial charge in [0.05, 0.1) is 21.6 Å². The molecule has 1 N–H and O–H groups in total. The molecule has 0 aliphatic carbocycles. The first-order valence-corrected chi connectivity index (χ1v) is 8.13. The van der Waals surface area contributed by atoms with E-state index >= 15 is 0 Å². The van der Waals surface area contributed by atoms with E-state index in [1.54, 1.807) is 0 Å². The topological polar surface area (TPSA) is 111 Å². The highest BCUT2D eigenvalue weighted by Crippen LogP contribution is 2.29. The van der Waals surface area contributed by atoms with Crippen molar-refractivity contribution in [1.82, 2.24) is 0 Å². The third-order valence-corrected chi connectivity index (χ3v) is 3.91. The summed E-state index contributed by atoms with van der Waals surface area (Å²) in [5, 5.41) is 26.3. The van der Waals surface area contributed by atoms with Crippen molar-refractivity contribution >= 4 is 22.8 Å². The second-order valence-corrected chi connectivity index (χ2v) is 5.80. The Morgan fingerprint density at radius 3 is 1.76 bits per heavy atom. The number of nitrogens with one attached hydrogen (secondary N) is 1. The Morgan fingerprint density at radius 2 is 1.31 bits per heavy atom. The second-order valence-electron chi connectivity index (χ2n) is 5.80. The summed E-state index contributed by atoms with van der Waals surface area (Å²) in [4.78, 5) is 20.6. The average molecular weight is 398 g/mol. The number of nitro groups is 2. The van der Waals surface area contributed by atoms with Gasteiger partial charge in [0.1, 0.15) is 17.3 Å². The van der Waals surface area contributed by atoms with E-state index in [4.69, 9.17) is 0 Å². The highest BCUT2D eigenvalue weighted by molar-refractivity contribution is 6.13. The molecule has 0 radical (unpaired) electrons. The van der Waals surface area contributed by atoms with E-state index < -0.39 is 32.9 Å². The molecule has 0 spiro atoms. The maximum Gasteiger partial charge on any atom is 0.301 e. The summed E-state index contributed by atoms with van der Waals surface area (Å²) in [7, 11) is 0. The van der Waals surface area contributed by atoms with Crippen molar-refractivity contribution in [3.05, 3.63) is 110 Å². The number of nitro benzene ring substituents is 2. The molecule has 10 heteroatoms. The molecule has 0 amide bonds. The molecule has 3 aromatic rings. The minimum absolute atomic E-state index is 0.0812. The molecule has 29 heavy (non-hydrogen) atoms. The van der Waals surface area contributed by atoms with Gasteiger partial charge in [-0.2, -0.15) is 5.10 Å². The quantitative estimate of drug-likeness (QED) is 0.369. The Bertz CT molecular complexity index is 1050. The summed E-state index contributed by atoms with van der Waals surface area (Å²) in [6.07, 6.45) is 0. The predicted molar refractivity (Wildman–Crippen MR) is 102 cm³/mol. The van der Waals surface area contributed by atoms with Crippen LogP contribution in [-0.4, -0.2) is 15.6 Å². The molecule has 0 heterocycles. The van der Waals surface area contributed by atoms with Crippen molar-refractivity contribution in [2.45, 2.75) is 0 Å². The highest BCUT2D eigenvalue weighted by Gasteiger charge is 2.19. The van der Waals surface area contributed by atoms with Gasteiger partial charge in [-0.15, -0.1) is 0 Å². The van der Waals surface area contributed by atoms with Gasteiger partial charge in [0, 0.05) is 17.2 Å². The SMILES string of the molecule is O=[N+]([O-])c1ccc(NN=C(c2ccc(F)cc2)c2ccc(F)cc2)c([N+](=O)[O-])c1. The number of rotatable bonds is 6. The van der Waals surface area contributed by atoms with Gasteiger partial charge in [-0.25, -0.2) is 8.78 Å². The highest BCUT2D eigenvalue weighted by atomic mass is 19.1. The zero-order chi connectivity index (χ0) is 21.0. The van der Waals surface area contributed by atoms with Crippen LogP contribution in [0.5, 0.6) is 0 Å². The third-order valence-electron chi connectivity index (χ3n) is 3.91. The first-order chi connectivity index (χ1) is 13.8. The molecule has 0 unspecified atom stereocenters. The monoisotopic (exact) mass is 398 g/mol. The van der Waals surface area contributed by atoms with Crippen LogP contribution in [0, 0.1) is 31.9 Å². The van der Waals surface area contributed by atoms with Crippen LogP contribution in [-0.2, 0) is 0 Å². The number of hydrogen-bond donors (Lipinski definition) is 1. The molecule has 0 aromatic heterocycles. The Labute approximate surface area is 162 Å². The molecule has 3 rings (SSSR count). The number of benzene rings is 3. The van der Waals surface area contributed by atoms with Gasteiger partial charge in [0.25, 0.3) is 5.69 Å². The summed E-state index contributed by atoms with van der Waals surface area (Å²) in [6.45, 7) is 0. The fourth-order valence-electron chi connectivity index (χ4n) is 2.51. The maximum absolute atomic E-state index is 13.3. The zero-order valence-corrected chi connectivity index (χ0v) is 14.6. The molecule has 0 atom stereocenters. The Morgan fingerprint density at radius 1 is 0.793 bits per heavy atom. The van der Waals surface area contributed by atoms with E-state index in [-0.39, 0.29) is 11.4 Å². The minimum Gasteiger partial charge on any atom is -0.271 e. The van der Waals surface area contributed by atoms with Gasteiger partial charge < -0.3 is 0 Å². The lowest BCUT2D eigenvalue weighted by atomic mass is 10.0. The number of hydrazone groups is 1. The van der Waals surface area contributed by atoms with E-state index in [0.717, 1.165) is 18.2 Å². The van der Waals surface area contributed by atoms with Crippen molar-refractivity contribution in [2.24, 2.45) is 5.10 Å². The number of halogens is 2. The number of anilines is 1. The van der Waals surface area contributed by atoms with E-state index in [1.165, 1.54) is 48.5 Å². The molecule has 0 bridgehead atoms. The third kappa shape index (κ3) is 4.56. The van der Waals surface area contributed by atoms with Crippen LogP contribution in [0.1, 0.15) is 11.1 Å². The van der Waals surface area contributed by atoms with E-state index in [0.29, 0.717) is 11.1 Å². The molecule has 3 aromatic carbocycles. The largest absolute Gasteiger partial charge is 0.301 e. The van der Waals surface area contributed by atoms with Crippen LogP contribution >= 0.6 is 0 Å². The Kier molecular flexibility index (Phi) is 5.54. The van der Waals surface area contributed by atoms with Gasteiger partial charge >= 0.3 is 5.69 Å². The van der Waals surface area contributed by atoms with E-state index in [9.17, 15) is 29.0 Å². The van der Waals surface area contributed by atoms with Gasteiger partial charge in [-0.05, 0) is 54.6 Å². The van der Waals surface area contributed by atoms with Crippen molar-refractivity contribution in [3.63, 3.8) is 0 Å². The van der Waals surface area contributed by atoms with Crippen LogP contribution in [0.15, 0.2) is 71.8 Å². The summed E-state index contributed by atoms with van der Waals surface area (Å²) < 4.78 is 26.5. The molecule has 0 saturated carbocycles. The van der Waals surface area contributed by atoms with Crippen molar-refractivity contribution in [3.8, 4) is 0 Å². The molecular formula is C19H12F2N4O4. The average Bonchev–Trinajstić information content (AvgIpc) is 2.70. The van der Waals surface area contributed by atoms with Crippen LogP contribution in [0.25, 0.3) is 0 Å². The fourth-order valence-corrected chi connectivity index (χ4v) is 2.51. The molecule has 0 aliphatic heterocycles. The molecular weight excluding hydrogens is 386 g/mol. The van der Waals surface area contributed by atoms with Gasteiger partial charge in [0.15, 0.2) is 0 Å². The van der Waals surface area contributed by atoms with E-state index in [2.05, 4.69) is 10.5 Å². The second kappa shape index (κ2) is 8.21. The molecule has 0 saturated heterocycles. The lowest BCUT2D eigenvalue weighted by Gasteiger charge is -2.09. The normalized spacial score (nSPS) is 10.3. The predicted octanol–water partition coefficient (Wildman–Crippen LogP) is 4.65. The molecule has 8 nitrogen and oxygen atoms in total. The number of nitrogens with zero attached hydrogens (tertiary/aromatic N) is 3. The van der Waals surface area contributed by atoms with Crippen molar-refractivity contribution in [1.29, 1.82) is 0 Å². The van der Waals surface area contributed by atoms with Gasteiger partial charge in [-0.3, -0.25) is 25.7 Å². The summed E-state index contributed by atoms with van der Waals surface area (Å²) >= 11 is 0. The number of hydrogen-bond acceptors (Lipinski definition) is 6. The van der Waals surface area contributed by atoms with Crippen LogP contribution in [0.4, 0.5) is 25.8 Å². The van der Waals surface area contributed by atoms with Crippen LogP contribution < -0.4 is 5.43 Å². The fraction of sp³-hybridized carbons (Fsp3) is 0. The first-order valence-electron chi connectivity index (χ1n) is 8.13. The van der Waals surface area contributed by atoms with Crippen LogP contribution in [0.2, 0.25) is 0 Å². The molecule has 0 aliphatic rings. The van der Waals surface area contributed by atoms with Crippen molar-refractivity contribution < 1.29 is 18.6 Å². The molecule has 0 fully saturated rings. The summed E-state index contributed by atoms with van der Waals surface area (Å²) in [5.74, 6) is -0.933. The zero-order valence-electron chi connectivity index (χ0n) is 14.6. The maximum atomic E-state index is 13.3. The van der Waals surface area contributed by atoms with Gasteiger partial charge in [0.2, 0.25) is 0 Å². The Balaban J connectivity index is 2.05. The van der Waals surface area contributed by atoms with Crippen molar-refractivity contribution in [2.75, 3.05) is 5.43 Å². The van der Waals surface area contributed by atoms with E-state index in [1.807, 2.05) is 0 Å². The summed E-state index contributed by atoms with van der Waals surface area (Å²) in [6, 6.07) is 13.7.